The average molecular weight is 695 g/mol. The molecule has 49 heavy (non-hydrogen) atoms. The topological polar surface area (TPSA) is 113 Å². The zero-order valence-electron chi connectivity index (χ0n) is 27.6. The number of amides is 2. The van der Waals surface area contributed by atoms with Gasteiger partial charge in [-0.2, -0.15) is 0 Å². The maximum atomic E-state index is 14.9. The minimum Gasteiger partial charge on any atom is -0.456 e. The highest BCUT2D eigenvalue weighted by atomic mass is 32.2. The fourth-order valence-electron chi connectivity index (χ4n) is 6.31. The van der Waals surface area contributed by atoms with Gasteiger partial charge in [-0.3, -0.25) is 14.4 Å². The summed E-state index contributed by atoms with van der Waals surface area (Å²) in [5.41, 5.74) is -0.646. The molecule has 1 heterocycles. The predicted octanol–water partition coefficient (Wildman–Crippen LogP) is 4.71. The number of carbonyl (C=O) groups excluding carboxylic acids is 4. The first-order valence-electron chi connectivity index (χ1n) is 15.8. The van der Waals surface area contributed by atoms with Gasteiger partial charge in [-0.1, -0.05) is 128 Å². The molecule has 5 rings (SSSR count). The van der Waals surface area contributed by atoms with E-state index in [0.29, 0.717) is 0 Å². The Kier molecular flexibility index (Phi) is 11.1. The van der Waals surface area contributed by atoms with Crippen LogP contribution in [0.15, 0.2) is 133 Å². The summed E-state index contributed by atoms with van der Waals surface area (Å²) in [4.78, 5) is 56.0. The second-order valence-corrected chi connectivity index (χ2v) is 16.7. The largest absolute Gasteiger partial charge is 0.456 e. The van der Waals surface area contributed by atoms with Gasteiger partial charge in [0.25, 0.3) is 0 Å². The van der Waals surface area contributed by atoms with Gasteiger partial charge in [0.1, 0.15) is 12.0 Å². The summed E-state index contributed by atoms with van der Waals surface area (Å²) < 4.78 is 6.09. The lowest BCUT2D eigenvalue weighted by atomic mass is 9.75. The number of esters is 1. The van der Waals surface area contributed by atoms with Crippen molar-refractivity contribution >= 4 is 62.9 Å². The zero-order valence-corrected chi connectivity index (χ0v) is 29.3. The molecule has 2 amide bonds. The third-order valence-electron chi connectivity index (χ3n) is 8.28. The Bertz CT molecular complexity index is 1790. The van der Waals surface area contributed by atoms with E-state index in [0.717, 1.165) is 33.2 Å². The maximum absolute atomic E-state index is 14.9. The predicted molar refractivity (Wildman–Crippen MR) is 197 cm³/mol. The number of nitrogens with one attached hydrogen (secondary N) is 1. The number of ether oxygens (including phenoxy) is 1. The number of rotatable bonds is 12. The lowest BCUT2D eigenvalue weighted by Gasteiger charge is -2.53. The van der Waals surface area contributed by atoms with Crippen molar-refractivity contribution in [3.63, 3.8) is 0 Å². The van der Waals surface area contributed by atoms with Gasteiger partial charge in [-0.15, -0.1) is 0 Å². The second-order valence-electron chi connectivity index (χ2n) is 12.3. The lowest BCUT2D eigenvalue weighted by Crippen LogP contribution is -2.70. The fraction of sp³-hybridized carbons (Fsp3) is 0.205. The lowest BCUT2D eigenvalue weighted by molar-refractivity contribution is -0.166. The molecule has 0 aliphatic carbocycles. The highest BCUT2D eigenvalue weighted by Crippen LogP contribution is 2.51. The van der Waals surface area contributed by atoms with Gasteiger partial charge in [-0.25, -0.2) is 4.79 Å². The van der Waals surface area contributed by atoms with Gasteiger partial charge < -0.3 is 20.1 Å². The molecule has 1 fully saturated rings. The van der Waals surface area contributed by atoms with Crippen molar-refractivity contribution in [2.24, 2.45) is 5.92 Å². The van der Waals surface area contributed by atoms with Crippen LogP contribution in [0.3, 0.4) is 0 Å². The summed E-state index contributed by atoms with van der Waals surface area (Å²) in [5.74, 6) is -2.58. The average Bonchev–Trinajstić information content (AvgIpc) is 3.07. The number of benzene rings is 4. The van der Waals surface area contributed by atoms with Crippen molar-refractivity contribution < 1.29 is 29.0 Å². The van der Waals surface area contributed by atoms with Crippen molar-refractivity contribution in [2.45, 2.75) is 45.4 Å². The van der Waals surface area contributed by atoms with E-state index >= 15 is 0 Å². The van der Waals surface area contributed by atoms with Crippen LogP contribution >= 0.6 is 18.6 Å². The second kappa shape index (κ2) is 15.2. The molecule has 252 valence electrons. The number of hydrogen-bond donors (Lipinski definition) is 2. The number of carbonyl (C=O) groups is 4. The summed E-state index contributed by atoms with van der Waals surface area (Å²) in [5, 5.41) is 15.9. The number of aliphatic hydroxyl groups is 1. The molecule has 2 atom stereocenters. The molecular weight excluding hydrogens is 655 g/mol. The SMILES string of the molecule is C=C(NC(C)=O)SC(=O)CC1C(C(C)(C)O)C(=O)N1C(C(=O)OCc1ccccc1)=P(c1ccccc1)(c1ccccc1)c1ccccc1. The highest BCUT2D eigenvalue weighted by molar-refractivity contribution is 8.16. The molecule has 8 nitrogen and oxygen atoms in total. The zero-order chi connectivity index (χ0) is 35.2. The first-order valence-corrected chi connectivity index (χ1v) is 18.4. The molecule has 0 saturated carbocycles. The molecule has 0 aromatic heterocycles. The fourth-order valence-corrected chi connectivity index (χ4v) is 11.4. The Morgan fingerprint density at radius 1 is 0.837 bits per heavy atom. The third kappa shape index (κ3) is 7.65. The standard InChI is InChI=1S/C39H39N2O6PS/c1-27(42)40-28(2)49-34(43)25-33-35(39(3,4)46)36(44)41(33)37(38(45)47-26-29-17-9-5-10-18-29)48(30-19-11-6-12-20-30,31-21-13-7-14-22-31)32-23-15-8-16-24-32/h5-24,33,35,46H,2,25-26H2,1,3-4H3,(H,40,42). The van der Waals surface area contributed by atoms with Crippen LogP contribution in [-0.4, -0.2) is 50.0 Å². The van der Waals surface area contributed by atoms with Crippen LogP contribution < -0.4 is 21.2 Å². The molecule has 4 aromatic carbocycles. The van der Waals surface area contributed by atoms with E-state index in [1.807, 2.05) is 121 Å². The molecule has 0 spiro atoms. The van der Waals surface area contributed by atoms with Gasteiger partial charge in [0.15, 0.2) is 5.12 Å². The Hall–Kier alpha value is -4.69. The Morgan fingerprint density at radius 3 is 1.71 bits per heavy atom. The van der Waals surface area contributed by atoms with E-state index in [2.05, 4.69) is 11.9 Å². The molecule has 1 aliphatic rings. The first kappa shape index (κ1) is 35.6. The van der Waals surface area contributed by atoms with Gasteiger partial charge in [-0.05, 0) is 47.1 Å². The molecule has 1 saturated heterocycles. The van der Waals surface area contributed by atoms with Crippen LogP contribution in [0.25, 0.3) is 0 Å². The van der Waals surface area contributed by atoms with Gasteiger partial charge in [0.05, 0.1) is 22.6 Å². The van der Waals surface area contributed by atoms with Crippen molar-refractivity contribution in [1.29, 1.82) is 0 Å². The van der Waals surface area contributed by atoms with Crippen molar-refractivity contribution in [3.8, 4) is 0 Å². The van der Waals surface area contributed by atoms with Crippen LogP contribution in [0, 0.1) is 5.92 Å². The molecule has 4 aromatic rings. The Balaban J connectivity index is 1.81. The van der Waals surface area contributed by atoms with Gasteiger partial charge in [0, 0.05) is 20.2 Å². The summed E-state index contributed by atoms with van der Waals surface area (Å²) in [6.07, 6.45) is -0.225. The summed E-state index contributed by atoms with van der Waals surface area (Å²) in [6, 6.07) is 37.1. The van der Waals surface area contributed by atoms with Crippen LogP contribution in [0.5, 0.6) is 0 Å². The quantitative estimate of drug-likeness (QED) is 0.126. The first-order chi connectivity index (χ1) is 23.4. The van der Waals surface area contributed by atoms with E-state index in [9.17, 15) is 24.3 Å². The number of likely N-dealkylation sites (tertiary alicyclic amines) is 1. The number of nitrogens with zero attached hydrogens (tertiary/aromatic N) is 1. The van der Waals surface area contributed by atoms with Crippen molar-refractivity contribution in [3.05, 3.63) is 138 Å². The minimum atomic E-state index is -3.23. The molecule has 2 unspecified atom stereocenters. The van der Waals surface area contributed by atoms with E-state index in [1.165, 1.54) is 25.7 Å². The molecule has 1 aliphatic heterocycles. The molecule has 0 bridgehead atoms. The van der Waals surface area contributed by atoms with E-state index in [1.54, 1.807) is 0 Å². The Labute approximate surface area is 291 Å². The van der Waals surface area contributed by atoms with Crippen molar-refractivity contribution in [2.75, 3.05) is 0 Å². The molecule has 2 N–H and O–H groups in total. The number of thioether (sulfide) groups is 1. The monoisotopic (exact) mass is 694 g/mol. The molecular formula is C39H39N2O6PS. The normalized spacial score (nSPS) is 15.9. The van der Waals surface area contributed by atoms with Crippen LogP contribution in [0.4, 0.5) is 0 Å². The van der Waals surface area contributed by atoms with Crippen LogP contribution in [0.1, 0.15) is 32.8 Å². The maximum Gasteiger partial charge on any atom is 0.356 e. The minimum absolute atomic E-state index is 0.0471. The van der Waals surface area contributed by atoms with Crippen molar-refractivity contribution in [1.82, 2.24) is 10.2 Å². The summed E-state index contributed by atoms with van der Waals surface area (Å²) in [6.45, 7) is 4.85. The van der Waals surface area contributed by atoms with E-state index in [4.69, 9.17) is 4.74 Å². The summed E-state index contributed by atoms with van der Waals surface area (Å²) >= 11 is 0.744. The molecule has 10 heteroatoms. The summed E-state index contributed by atoms with van der Waals surface area (Å²) in [7, 11) is 0. The van der Waals surface area contributed by atoms with Crippen LogP contribution in [-0.2, 0) is 30.5 Å². The van der Waals surface area contributed by atoms with Gasteiger partial charge in [0.2, 0.25) is 11.8 Å². The number of hydrogen-bond acceptors (Lipinski definition) is 7. The molecule has 0 radical (unpaired) electrons. The Morgan fingerprint density at radius 2 is 1.29 bits per heavy atom. The highest BCUT2D eigenvalue weighted by Gasteiger charge is 2.58. The third-order valence-corrected chi connectivity index (χ3v) is 13.3. The number of β-lactam (4-membered cyclic amide) rings is 1. The van der Waals surface area contributed by atoms with Gasteiger partial charge >= 0.3 is 5.97 Å². The van der Waals surface area contributed by atoms with Crippen LogP contribution in [0.2, 0.25) is 0 Å². The van der Waals surface area contributed by atoms with E-state index < -0.39 is 41.4 Å². The smallest absolute Gasteiger partial charge is 0.356 e. The van der Waals surface area contributed by atoms with E-state index in [-0.39, 0.29) is 29.4 Å².